The number of carboxylic acid groups (broad SMARTS) is 1. The number of amides is 1. The zero-order valence-electron chi connectivity index (χ0n) is 10.8. The molecule has 0 spiro atoms. The molecular formula is C14H14N2O4. The number of primary amides is 1. The molecule has 6 nitrogen and oxygen atoms in total. The van der Waals surface area contributed by atoms with Crippen LogP contribution in [0.15, 0.2) is 34.7 Å². The normalized spacial score (nSPS) is 10.2. The van der Waals surface area contributed by atoms with E-state index < -0.39 is 11.9 Å². The second-order valence-electron chi connectivity index (χ2n) is 4.29. The minimum Gasteiger partial charge on any atom is -0.475 e. The SMILES string of the molecule is Cc1oc(C(=O)O)cc1CNc1ccc(C(N)=O)cc1. The van der Waals surface area contributed by atoms with Gasteiger partial charge in [-0.05, 0) is 37.3 Å². The summed E-state index contributed by atoms with van der Waals surface area (Å²) < 4.78 is 5.11. The fourth-order valence-corrected chi connectivity index (χ4v) is 1.75. The van der Waals surface area contributed by atoms with Gasteiger partial charge in [0.1, 0.15) is 5.76 Å². The summed E-state index contributed by atoms with van der Waals surface area (Å²) in [6.07, 6.45) is 0. The summed E-state index contributed by atoms with van der Waals surface area (Å²) in [5, 5.41) is 11.9. The number of hydrogen-bond donors (Lipinski definition) is 3. The van der Waals surface area contributed by atoms with Crippen molar-refractivity contribution in [3.8, 4) is 0 Å². The number of carboxylic acids is 1. The van der Waals surface area contributed by atoms with E-state index in [4.69, 9.17) is 15.3 Å². The van der Waals surface area contributed by atoms with E-state index in [9.17, 15) is 9.59 Å². The molecular weight excluding hydrogens is 260 g/mol. The summed E-state index contributed by atoms with van der Waals surface area (Å²) in [4.78, 5) is 21.7. The zero-order chi connectivity index (χ0) is 14.7. The Kier molecular flexibility index (Phi) is 3.74. The quantitative estimate of drug-likeness (QED) is 0.773. The lowest BCUT2D eigenvalue weighted by molar-refractivity contribution is 0.0660. The summed E-state index contributed by atoms with van der Waals surface area (Å²) in [6, 6.07) is 8.19. The summed E-state index contributed by atoms with van der Waals surface area (Å²) in [7, 11) is 0. The molecule has 2 aromatic rings. The largest absolute Gasteiger partial charge is 0.475 e. The number of carbonyl (C=O) groups is 2. The van der Waals surface area contributed by atoms with Gasteiger partial charge in [0.05, 0.1) is 0 Å². The molecule has 0 fully saturated rings. The summed E-state index contributed by atoms with van der Waals surface area (Å²) in [5.74, 6) is -1.09. The molecule has 0 saturated carbocycles. The molecule has 6 heteroatoms. The van der Waals surface area contributed by atoms with Gasteiger partial charge in [-0.25, -0.2) is 4.79 Å². The molecule has 4 N–H and O–H groups in total. The van der Waals surface area contributed by atoms with Crippen molar-refractivity contribution >= 4 is 17.6 Å². The second kappa shape index (κ2) is 5.48. The standard InChI is InChI=1S/C14H14N2O4/c1-8-10(6-12(20-8)14(18)19)7-16-11-4-2-9(3-5-11)13(15)17/h2-6,16H,7H2,1H3,(H2,15,17)(H,18,19). The lowest BCUT2D eigenvalue weighted by atomic mass is 10.2. The molecule has 0 atom stereocenters. The van der Waals surface area contributed by atoms with E-state index in [-0.39, 0.29) is 5.76 Å². The molecule has 1 aromatic heterocycles. The molecule has 104 valence electrons. The van der Waals surface area contributed by atoms with Crippen LogP contribution in [0.4, 0.5) is 5.69 Å². The molecule has 20 heavy (non-hydrogen) atoms. The molecule has 0 radical (unpaired) electrons. The molecule has 2 rings (SSSR count). The number of furan rings is 1. The van der Waals surface area contributed by atoms with Gasteiger partial charge in [-0.3, -0.25) is 4.79 Å². The van der Waals surface area contributed by atoms with Crippen LogP contribution in [0.5, 0.6) is 0 Å². The van der Waals surface area contributed by atoms with Gasteiger partial charge in [-0.1, -0.05) is 0 Å². The number of benzene rings is 1. The number of aryl methyl sites for hydroxylation is 1. The van der Waals surface area contributed by atoms with E-state index >= 15 is 0 Å². The number of rotatable bonds is 5. The van der Waals surface area contributed by atoms with Gasteiger partial charge in [-0.15, -0.1) is 0 Å². The third-order valence-corrected chi connectivity index (χ3v) is 2.88. The molecule has 0 aliphatic heterocycles. The van der Waals surface area contributed by atoms with Crippen molar-refractivity contribution in [2.45, 2.75) is 13.5 Å². The fraction of sp³-hybridized carbons (Fsp3) is 0.143. The Balaban J connectivity index is 2.05. The molecule has 1 heterocycles. The van der Waals surface area contributed by atoms with Crippen molar-refractivity contribution in [1.29, 1.82) is 0 Å². The van der Waals surface area contributed by atoms with Crippen molar-refractivity contribution in [3.63, 3.8) is 0 Å². The van der Waals surface area contributed by atoms with Crippen LogP contribution in [0.2, 0.25) is 0 Å². The van der Waals surface area contributed by atoms with Crippen molar-refractivity contribution in [2.24, 2.45) is 5.73 Å². The Bertz CT molecular complexity index is 644. The number of aromatic carboxylic acids is 1. The van der Waals surface area contributed by atoms with E-state index in [0.717, 1.165) is 11.3 Å². The smallest absolute Gasteiger partial charge is 0.371 e. The van der Waals surface area contributed by atoms with Gasteiger partial charge >= 0.3 is 5.97 Å². The summed E-state index contributed by atoms with van der Waals surface area (Å²) in [6.45, 7) is 2.14. The summed E-state index contributed by atoms with van der Waals surface area (Å²) >= 11 is 0. The van der Waals surface area contributed by atoms with Crippen molar-refractivity contribution < 1.29 is 19.1 Å². The van der Waals surface area contributed by atoms with Crippen LogP contribution in [0.25, 0.3) is 0 Å². The van der Waals surface area contributed by atoms with Gasteiger partial charge in [-0.2, -0.15) is 0 Å². The van der Waals surface area contributed by atoms with Crippen LogP contribution in [0.1, 0.15) is 32.2 Å². The number of nitrogens with one attached hydrogen (secondary N) is 1. The number of nitrogens with two attached hydrogens (primary N) is 1. The van der Waals surface area contributed by atoms with E-state index in [1.54, 1.807) is 31.2 Å². The lowest BCUT2D eigenvalue weighted by Crippen LogP contribution is -2.10. The minimum atomic E-state index is -1.09. The average molecular weight is 274 g/mol. The van der Waals surface area contributed by atoms with Gasteiger partial charge < -0.3 is 20.6 Å². The number of carbonyl (C=O) groups excluding carboxylic acids is 1. The van der Waals surface area contributed by atoms with Crippen molar-refractivity contribution in [2.75, 3.05) is 5.32 Å². The minimum absolute atomic E-state index is 0.0802. The highest BCUT2D eigenvalue weighted by molar-refractivity contribution is 5.93. The van der Waals surface area contributed by atoms with Crippen molar-refractivity contribution in [3.05, 3.63) is 53.0 Å². The van der Waals surface area contributed by atoms with Crippen LogP contribution in [-0.4, -0.2) is 17.0 Å². The Labute approximate surface area is 115 Å². The Morgan fingerprint density at radius 1 is 1.30 bits per heavy atom. The lowest BCUT2D eigenvalue weighted by Gasteiger charge is -2.05. The second-order valence-corrected chi connectivity index (χ2v) is 4.29. The van der Waals surface area contributed by atoms with Crippen LogP contribution in [0.3, 0.4) is 0 Å². The molecule has 0 aliphatic rings. The highest BCUT2D eigenvalue weighted by Crippen LogP contribution is 2.17. The van der Waals surface area contributed by atoms with E-state index in [0.29, 0.717) is 17.9 Å². The van der Waals surface area contributed by atoms with E-state index in [1.165, 1.54) is 6.07 Å². The Hall–Kier alpha value is -2.76. The summed E-state index contributed by atoms with van der Waals surface area (Å²) in [5.41, 5.74) is 7.15. The molecule has 0 aliphatic carbocycles. The van der Waals surface area contributed by atoms with Gasteiger partial charge in [0.2, 0.25) is 11.7 Å². The Morgan fingerprint density at radius 2 is 1.95 bits per heavy atom. The van der Waals surface area contributed by atoms with Gasteiger partial charge in [0.15, 0.2) is 0 Å². The van der Waals surface area contributed by atoms with Gasteiger partial charge in [0.25, 0.3) is 0 Å². The topological polar surface area (TPSA) is 106 Å². The fourth-order valence-electron chi connectivity index (χ4n) is 1.75. The molecule has 0 unspecified atom stereocenters. The highest BCUT2D eigenvalue weighted by Gasteiger charge is 2.12. The maximum absolute atomic E-state index is 10.9. The number of anilines is 1. The highest BCUT2D eigenvalue weighted by atomic mass is 16.4. The predicted molar refractivity (Wildman–Crippen MR) is 72.7 cm³/mol. The van der Waals surface area contributed by atoms with Crippen molar-refractivity contribution in [1.82, 2.24) is 0 Å². The van der Waals surface area contributed by atoms with E-state index in [1.807, 2.05) is 0 Å². The van der Waals surface area contributed by atoms with Crippen LogP contribution in [0, 0.1) is 6.92 Å². The zero-order valence-corrected chi connectivity index (χ0v) is 10.8. The molecule has 1 amide bonds. The first kappa shape index (κ1) is 13.7. The first-order chi connectivity index (χ1) is 9.47. The maximum atomic E-state index is 10.9. The molecule has 0 bridgehead atoms. The predicted octanol–water partition coefficient (Wildman–Crippen LogP) is 2.00. The van der Waals surface area contributed by atoms with Crippen LogP contribution >= 0.6 is 0 Å². The van der Waals surface area contributed by atoms with Crippen LogP contribution < -0.4 is 11.1 Å². The number of hydrogen-bond acceptors (Lipinski definition) is 4. The Morgan fingerprint density at radius 3 is 2.45 bits per heavy atom. The molecule has 1 aromatic carbocycles. The van der Waals surface area contributed by atoms with Gasteiger partial charge in [0, 0.05) is 23.4 Å². The maximum Gasteiger partial charge on any atom is 0.371 e. The van der Waals surface area contributed by atoms with E-state index in [2.05, 4.69) is 5.32 Å². The monoisotopic (exact) mass is 274 g/mol. The third kappa shape index (κ3) is 2.97. The molecule has 0 saturated heterocycles. The first-order valence-corrected chi connectivity index (χ1v) is 5.93. The third-order valence-electron chi connectivity index (χ3n) is 2.88. The average Bonchev–Trinajstić information content (AvgIpc) is 2.78. The first-order valence-electron chi connectivity index (χ1n) is 5.93. The van der Waals surface area contributed by atoms with Crippen LogP contribution in [-0.2, 0) is 6.54 Å².